The molecule has 1 aromatic carbocycles. The van der Waals surface area contributed by atoms with Crippen LogP contribution in [0.25, 0.3) is 0 Å². The second kappa shape index (κ2) is 7.14. The van der Waals surface area contributed by atoms with Gasteiger partial charge in [0, 0.05) is 11.6 Å². The number of carbonyl (C=O) groups is 1. The fourth-order valence-corrected chi connectivity index (χ4v) is 1.64. The fourth-order valence-electron chi connectivity index (χ4n) is 1.64. The highest BCUT2D eigenvalue weighted by atomic mass is 19.3. The van der Waals surface area contributed by atoms with Crippen molar-refractivity contribution < 1.29 is 28.0 Å². The van der Waals surface area contributed by atoms with Gasteiger partial charge in [-0.2, -0.15) is 14.0 Å². The molecule has 0 saturated heterocycles. The van der Waals surface area contributed by atoms with Crippen LogP contribution >= 0.6 is 0 Å². The van der Waals surface area contributed by atoms with Crippen LogP contribution in [-0.2, 0) is 16.0 Å². The van der Waals surface area contributed by atoms with Gasteiger partial charge in [0.05, 0.1) is 18.0 Å². The molecule has 7 nitrogen and oxygen atoms in total. The van der Waals surface area contributed by atoms with E-state index in [0.29, 0.717) is 0 Å². The van der Waals surface area contributed by atoms with E-state index in [-0.39, 0.29) is 12.2 Å². The highest BCUT2D eigenvalue weighted by molar-refractivity contribution is 5.75. The Morgan fingerprint density at radius 2 is 2.19 bits per heavy atom. The molecule has 0 fully saturated rings. The molecule has 0 spiro atoms. The number of carbonyl (C=O) groups excluding carboxylic acids is 1. The van der Waals surface area contributed by atoms with E-state index in [2.05, 4.69) is 9.47 Å². The van der Waals surface area contributed by atoms with Gasteiger partial charge in [0.15, 0.2) is 0 Å². The third kappa shape index (κ3) is 4.38. The quantitative estimate of drug-likeness (QED) is 0.453. The molecule has 0 heterocycles. The highest BCUT2D eigenvalue weighted by Crippen LogP contribution is 2.30. The minimum absolute atomic E-state index is 0.0605. The van der Waals surface area contributed by atoms with Crippen molar-refractivity contribution in [3.05, 3.63) is 33.4 Å². The summed E-state index contributed by atoms with van der Waals surface area (Å²) in [5.74, 6) is -1.22. The Kier molecular flexibility index (Phi) is 5.54. The zero-order valence-electron chi connectivity index (χ0n) is 10.8. The topological polar surface area (TPSA) is 102 Å². The SMILES string of the molecule is CCOC(=O)Cc1cc(OC(F)F)cc(C#N)c1[N+](=O)[O-]. The van der Waals surface area contributed by atoms with Crippen LogP contribution in [0.2, 0.25) is 0 Å². The highest BCUT2D eigenvalue weighted by Gasteiger charge is 2.24. The van der Waals surface area contributed by atoms with Crippen LogP contribution < -0.4 is 4.74 Å². The molecular formula is C12H10F2N2O5. The molecule has 21 heavy (non-hydrogen) atoms. The van der Waals surface area contributed by atoms with Crippen molar-refractivity contribution in [2.24, 2.45) is 0 Å². The van der Waals surface area contributed by atoms with E-state index in [1.807, 2.05) is 0 Å². The van der Waals surface area contributed by atoms with Crippen molar-refractivity contribution in [3.63, 3.8) is 0 Å². The minimum Gasteiger partial charge on any atom is -0.466 e. The van der Waals surface area contributed by atoms with Crippen molar-refractivity contribution in [2.75, 3.05) is 6.61 Å². The monoisotopic (exact) mass is 300 g/mol. The Morgan fingerprint density at radius 3 is 2.67 bits per heavy atom. The first-order valence-electron chi connectivity index (χ1n) is 5.70. The third-order valence-electron chi connectivity index (χ3n) is 2.33. The second-order valence-electron chi connectivity index (χ2n) is 3.71. The Labute approximate surface area is 117 Å². The predicted octanol–water partition coefficient (Wildman–Crippen LogP) is 2.17. The van der Waals surface area contributed by atoms with E-state index >= 15 is 0 Å². The van der Waals surface area contributed by atoms with E-state index < -0.39 is 40.9 Å². The lowest BCUT2D eigenvalue weighted by atomic mass is 10.0. The smallest absolute Gasteiger partial charge is 0.387 e. The first-order chi connectivity index (χ1) is 9.88. The van der Waals surface area contributed by atoms with E-state index in [0.717, 1.165) is 12.1 Å². The van der Waals surface area contributed by atoms with Gasteiger partial charge >= 0.3 is 12.6 Å². The number of nitro benzene ring substituents is 1. The number of rotatable bonds is 6. The van der Waals surface area contributed by atoms with Crippen LogP contribution in [0, 0.1) is 21.4 Å². The zero-order chi connectivity index (χ0) is 16.0. The van der Waals surface area contributed by atoms with Gasteiger partial charge < -0.3 is 9.47 Å². The molecule has 1 rings (SSSR count). The first-order valence-corrected chi connectivity index (χ1v) is 5.70. The molecule has 0 amide bonds. The number of esters is 1. The normalized spacial score (nSPS) is 10.0. The van der Waals surface area contributed by atoms with Crippen LogP contribution in [0.4, 0.5) is 14.5 Å². The molecule has 0 aliphatic rings. The molecule has 0 bridgehead atoms. The van der Waals surface area contributed by atoms with Crippen LogP contribution in [0.1, 0.15) is 18.1 Å². The number of nitriles is 1. The van der Waals surface area contributed by atoms with Crippen molar-refractivity contribution >= 4 is 11.7 Å². The number of hydrogen-bond donors (Lipinski definition) is 0. The third-order valence-corrected chi connectivity index (χ3v) is 2.33. The van der Waals surface area contributed by atoms with Crippen LogP contribution in [0.5, 0.6) is 5.75 Å². The molecule has 0 aliphatic heterocycles. The Balaban J connectivity index is 3.31. The maximum Gasteiger partial charge on any atom is 0.387 e. The van der Waals surface area contributed by atoms with Gasteiger partial charge in [0.25, 0.3) is 5.69 Å². The maximum absolute atomic E-state index is 12.2. The van der Waals surface area contributed by atoms with Crippen molar-refractivity contribution in [1.82, 2.24) is 0 Å². The van der Waals surface area contributed by atoms with Gasteiger partial charge in [-0.3, -0.25) is 14.9 Å². The summed E-state index contributed by atoms with van der Waals surface area (Å²) in [6.45, 7) is -1.55. The van der Waals surface area contributed by atoms with E-state index in [1.165, 1.54) is 6.07 Å². The van der Waals surface area contributed by atoms with Gasteiger partial charge in [0.2, 0.25) is 0 Å². The summed E-state index contributed by atoms with van der Waals surface area (Å²) in [5, 5.41) is 19.9. The summed E-state index contributed by atoms with van der Waals surface area (Å²) < 4.78 is 33.2. The molecule has 9 heteroatoms. The van der Waals surface area contributed by atoms with Crippen LogP contribution in [-0.4, -0.2) is 24.1 Å². The minimum atomic E-state index is -3.16. The largest absolute Gasteiger partial charge is 0.466 e. The number of benzene rings is 1. The lowest BCUT2D eigenvalue weighted by molar-refractivity contribution is -0.385. The lowest BCUT2D eigenvalue weighted by Gasteiger charge is -2.09. The van der Waals surface area contributed by atoms with Gasteiger partial charge in [0.1, 0.15) is 17.4 Å². The summed E-state index contributed by atoms with van der Waals surface area (Å²) in [6.07, 6.45) is -0.529. The first kappa shape index (κ1) is 16.3. The standard InChI is InChI=1S/C12H10F2N2O5/c1-2-20-10(17)5-7-3-9(21-12(13)14)4-8(6-15)11(7)16(18)19/h3-4,12H,2,5H2,1H3. The predicted molar refractivity (Wildman–Crippen MR) is 64.8 cm³/mol. The van der Waals surface area contributed by atoms with Crippen molar-refractivity contribution in [2.45, 2.75) is 20.0 Å². The zero-order valence-corrected chi connectivity index (χ0v) is 10.8. The van der Waals surface area contributed by atoms with Crippen LogP contribution in [0.3, 0.4) is 0 Å². The number of nitrogens with zero attached hydrogens (tertiary/aromatic N) is 2. The number of hydrogen-bond acceptors (Lipinski definition) is 6. The average Bonchev–Trinajstić information content (AvgIpc) is 2.36. The molecule has 0 N–H and O–H groups in total. The van der Waals surface area contributed by atoms with E-state index in [1.54, 1.807) is 6.92 Å². The number of nitro groups is 1. The average molecular weight is 300 g/mol. The maximum atomic E-state index is 12.2. The van der Waals surface area contributed by atoms with Gasteiger partial charge in [-0.15, -0.1) is 0 Å². The Morgan fingerprint density at radius 1 is 1.52 bits per heavy atom. The number of ether oxygens (including phenoxy) is 2. The molecule has 0 radical (unpaired) electrons. The summed E-state index contributed by atoms with van der Waals surface area (Å²) in [7, 11) is 0. The second-order valence-corrected chi connectivity index (χ2v) is 3.71. The van der Waals surface area contributed by atoms with Gasteiger partial charge in [-0.05, 0) is 13.0 Å². The summed E-state index contributed by atoms with van der Waals surface area (Å²) >= 11 is 0. The van der Waals surface area contributed by atoms with Gasteiger partial charge in [-0.25, -0.2) is 0 Å². The van der Waals surface area contributed by atoms with Crippen molar-refractivity contribution in [3.8, 4) is 11.8 Å². The summed E-state index contributed by atoms with van der Waals surface area (Å²) in [6, 6.07) is 3.25. The summed E-state index contributed by atoms with van der Waals surface area (Å²) in [5.41, 5.74) is -1.34. The number of halogens is 2. The molecule has 0 unspecified atom stereocenters. The molecule has 112 valence electrons. The molecule has 0 atom stereocenters. The molecule has 0 saturated carbocycles. The summed E-state index contributed by atoms with van der Waals surface area (Å²) in [4.78, 5) is 21.5. The van der Waals surface area contributed by atoms with Gasteiger partial charge in [-0.1, -0.05) is 0 Å². The Hall–Kier alpha value is -2.76. The number of alkyl halides is 2. The van der Waals surface area contributed by atoms with Crippen LogP contribution in [0.15, 0.2) is 12.1 Å². The van der Waals surface area contributed by atoms with E-state index in [4.69, 9.17) is 5.26 Å². The molecule has 0 aromatic heterocycles. The molecule has 0 aliphatic carbocycles. The molecular weight excluding hydrogens is 290 g/mol. The van der Waals surface area contributed by atoms with Crippen molar-refractivity contribution in [1.29, 1.82) is 5.26 Å². The van der Waals surface area contributed by atoms with E-state index in [9.17, 15) is 23.7 Å². The fraction of sp³-hybridized carbons (Fsp3) is 0.333. The lowest BCUT2D eigenvalue weighted by Crippen LogP contribution is -2.11. The molecule has 1 aromatic rings. The Bertz CT molecular complexity index is 598.